The number of esters is 3. The molecule has 0 aliphatic heterocycles. The zero-order valence-electron chi connectivity index (χ0n) is 22.8. The summed E-state index contributed by atoms with van der Waals surface area (Å²) in [5, 5.41) is 0. The molecule has 2 fully saturated rings. The molecule has 4 rings (SSSR count). The van der Waals surface area contributed by atoms with E-state index in [1.807, 2.05) is 0 Å². The van der Waals surface area contributed by atoms with Crippen molar-refractivity contribution >= 4 is 17.9 Å². The molecule has 0 radical (unpaired) electrons. The Labute approximate surface area is 219 Å². The molecule has 3 aliphatic carbocycles. The molecule has 200 valence electrons. The molecule has 2 unspecified atom stereocenters. The van der Waals surface area contributed by atoms with Crippen molar-refractivity contribution in [1.29, 1.82) is 0 Å². The van der Waals surface area contributed by atoms with Crippen LogP contribution in [-0.2, 0) is 23.8 Å². The predicted octanol–water partition coefficient (Wildman–Crippen LogP) is 5.60. The molecule has 1 heterocycles. The summed E-state index contributed by atoms with van der Waals surface area (Å²) < 4.78 is 18.2. The van der Waals surface area contributed by atoms with Crippen molar-refractivity contribution in [3.63, 3.8) is 0 Å². The molecule has 0 amide bonds. The summed E-state index contributed by atoms with van der Waals surface area (Å²) >= 11 is 0. The minimum atomic E-state index is -0.558. The normalized spacial score (nSPS) is 32.9. The van der Waals surface area contributed by atoms with Crippen LogP contribution >= 0.6 is 0 Å². The number of hydrogen-bond acceptors (Lipinski definition) is 7. The summed E-state index contributed by atoms with van der Waals surface area (Å²) in [7, 11) is 0. The molecule has 37 heavy (non-hydrogen) atoms. The van der Waals surface area contributed by atoms with Crippen LogP contribution in [0.2, 0.25) is 0 Å². The van der Waals surface area contributed by atoms with Gasteiger partial charge in [0.2, 0.25) is 0 Å². The van der Waals surface area contributed by atoms with Gasteiger partial charge in [0.1, 0.15) is 18.3 Å². The highest BCUT2D eigenvalue weighted by atomic mass is 16.6. The highest BCUT2D eigenvalue weighted by molar-refractivity contribution is 5.89. The van der Waals surface area contributed by atoms with E-state index in [-0.39, 0.29) is 29.2 Å². The number of hydrogen-bond donors (Lipinski definition) is 0. The molecule has 1 aromatic heterocycles. The van der Waals surface area contributed by atoms with E-state index < -0.39 is 29.7 Å². The number of fused-ring (bicyclic) bond motifs is 3. The average molecular weight is 510 g/mol. The van der Waals surface area contributed by atoms with Gasteiger partial charge in [0.25, 0.3) is 0 Å². The zero-order valence-corrected chi connectivity index (χ0v) is 22.8. The third-order valence-electron chi connectivity index (χ3n) is 9.13. The molecule has 2 saturated carbocycles. The fourth-order valence-corrected chi connectivity index (χ4v) is 7.21. The standard InChI is InChI=1S/C30H39NO6/c1-17-10-11-22-27(36-20(4)33)26-18(2)24(37-28(34)21-9-8-14-31-16-21)12-13-30(26,7)25(35-19(3)32)15-23(17)29(22,5)6/h8-9,14,16,22,24-27H,2,10-13,15H2,1,3-7H3/t22?,24-,25+,26?,27+,30-/m0/s1. The van der Waals surface area contributed by atoms with Gasteiger partial charge in [-0.05, 0) is 55.7 Å². The second-order valence-corrected chi connectivity index (χ2v) is 11.7. The summed E-state index contributed by atoms with van der Waals surface area (Å²) in [5.41, 5.74) is 2.84. The van der Waals surface area contributed by atoms with Crippen molar-refractivity contribution in [1.82, 2.24) is 4.98 Å². The lowest BCUT2D eigenvalue weighted by molar-refractivity contribution is -0.181. The van der Waals surface area contributed by atoms with Crippen LogP contribution in [0.3, 0.4) is 0 Å². The second-order valence-electron chi connectivity index (χ2n) is 11.7. The first-order valence-corrected chi connectivity index (χ1v) is 13.2. The first-order chi connectivity index (χ1) is 17.4. The van der Waals surface area contributed by atoms with Crippen LogP contribution in [0.1, 0.15) is 84.0 Å². The summed E-state index contributed by atoms with van der Waals surface area (Å²) in [5.74, 6) is -1.47. The Morgan fingerprint density at radius 3 is 2.38 bits per heavy atom. The van der Waals surface area contributed by atoms with Crippen LogP contribution in [0.25, 0.3) is 0 Å². The molecule has 0 N–H and O–H groups in total. The summed E-state index contributed by atoms with van der Waals surface area (Å²) in [6, 6.07) is 3.36. The van der Waals surface area contributed by atoms with Crippen LogP contribution in [0.4, 0.5) is 0 Å². The lowest BCUT2D eigenvalue weighted by Crippen LogP contribution is -2.59. The minimum absolute atomic E-state index is 0.0437. The average Bonchev–Trinajstić information content (AvgIpc) is 2.81. The SMILES string of the molecule is C=C1C2[C@H](OC(C)=O)C3CCC(C)=C(C[C@@H](OC(C)=O)[C@]2(C)CC[C@@H]1OC(=O)c1cccnc1)C3(C)C. The number of rotatable bonds is 4. The van der Waals surface area contributed by atoms with Crippen molar-refractivity contribution in [2.24, 2.45) is 22.7 Å². The quantitative estimate of drug-likeness (QED) is 0.296. The molecule has 7 nitrogen and oxygen atoms in total. The monoisotopic (exact) mass is 509 g/mol. The first-order valence-electron chi connectivity index (χ1n) is 13.2. The number of aromatic nitrogens is 1. The van der Waals surface area contributed by atoms with Crippen molar-refractivity contribution in [2.45, 2.75) is 92.0 Å². The smallest absolute Gasteiger partial charge is 0.340 e. The Morgan fingerprint density at radius 1 is 1.05 bits per heavy atom. The third-order valence-corrected chi connectivity index (χ3v) is 9.13. The Morgan fingerprint density at radius 2 is 1.76 bits per heavy atom. The Hall–Kier alpha value is -2.96. The van der Waals surface area contributed by atoms with Crippen LogP contribution in [0.5, 0.6) is 0 Å². The largest absolute Gasteiger partial charge is 0.462 e. The lowest BCUT2D eigenvalue weighted by Gasteiger charge is -2.58. The highest BCUT2D eigenvalue weighted by Gasteiger charge is 2.60. The van der Waals surface area contributed by atoms with Crippen molar-refractivity contribution in [3.05, 3.63) is 53.4 Å². The van der Waals surface area contributed by atoms with Gasteiger partial charge in [-0.25, -0.2) is 4.79 Å². The minimum Gasteiger partial charge on any atom is -0.462 e. The fraction of sp³-hybridized carbons (Fsp3) is 0.600. The summed E-state index contributed by atoms with van der Waals surface area (Å²) in [4.78, 5) is 41.8. The molecular formula is C30H39NO6. The molecule has 0 saturated heterocycles. The maximum atomic E-state index is 12.9. The van der Waals surface area contributed by atoms with E-state index in [1.54, 1.807) is 18.3 Å². The van der Waals surface area contributed by atoms with E-state index in [0.29, 0.717) is 30.4 Å². The van der Waals surface area contributed by atoms with Gasteiger partial charge in [0.15, 0.2) is 0 Å². The highest BCUT2D eigenvalue weighted by Crippen LogP contribution is 2.60. The number of pyridine rings is 1. The second kappa shape index (κ2) is 10.1. The molecule has 0 spiro atoms. The van der Waals surface area contributed by atoms with Crippen molar-refractivity contribution < 1.29 is 28.6 Å². The van der Waals surface area contributed by atoms with Gasteiger partial charge in [0.05, 0.1) is 5.56 Å². The van der Waals surface area contributed by atoms with Gasteiger partial charge < -0.3 is 14.2 Å². The van der Waals surface area contributed by atoms with Crippen LogP contribution < -0.4 is 0 Å². The van der Waals surface area contributed by atoms with Gasteiger partial charge in [-0.15, -0.1) is 0 Å². The van der Waals surface area contributed by atoms with Gasteiger partial charge in [0, 0.05) is 49.9 Å². The molecular weight excluding hydrogens is 470 g/mol. The van der Waals surface area contributed by atoms with Crippen molar-refractivity contribution in [3.8, 4) is 0 Å². The van der Waals surface area contributed by atoms with E-state index >= 15 is 0 Å². The molecule has 2 bridgehead atoms. The van der Waals surface area contributed by atoms with Gasteiger partial charge in [-0.1, -0.05) is 38.5 Å². The first kappa shape index (κ1) is 27.1. The van der Waals surface area contributed by atoms with E-state index in [0.717, 1.165) is 12.8 Å². The summed E-state index contributed by atoms with van der Waals surface area (Å²) in [6.07, 6.45) is 5.16. The van der Waals surface area contributed by atoms with E-state index in [2.05, 4.69) is 39.3 Å². The number of carbonyl (C=O) groups excluding carboxylic acids is 3. The number of carbonyl (C=O) groups is 3. The number of nitrogens with zero attached hydrogens (tertiary/aromatic N) is 1. The van der Waals surface area contributed by atoms with Gasteiger partial charge in [-0.2, -0.15) is 0 Å². The van der Waals surface area contributed by atoms with Crippen LogP contribution in [-0.4, -0.2) is 41.2 Å². The molecule has 6 atom stereocenters. The zero-order chi connectivity index (χ0) is 27.1. The van der Waals surface area contributed by atoms with Gasteiger partial charge >= 0.3 is 17.9 Å². The maximum absolute atomic E-state index is 12.9. The number of allylic oxidation sites excluding steroid dienone is 1. The fourth-order valence-electron chi connectivity index (χ4n) is 7.21. The predicted molar refractivity (Wildman–Crippen MR) is 138 cm³/mol. The van der Waals surface area contributed by atoms with Crippen molar-refractivity contribution in [2.75, 3.05) is 0 Å². The number of ether oxygens (including phenoxy) is 3. The van der Waals surface area contributed by atoms with E-state index in [4.69, 9.17) is 14.2 Å². The van der Waals surface area contributed by atoms with Crippen LogP contribution in [0, 0.1) is 22.7 Å². The lowest BCUT2D eigenvalue weighted by atomic mass is 9.50. The molecule has 1 aromatic rings. The topological polar surface area (TPSA) is 91.8 Å². The maximum Gasteiger partial charge on any atom is 0.340 e. The van der Waals surface area contributed by atoms with Crippen LogP contribution in [0.15, 0.2) is 47.8 Å². The van der Waals surface area contributed by atoms with E-state index in [9.17, 15) is 14.4 Å². The molecule has 0 aromatic carbocycles. The molecule has 7 heteroatoms. The Balaban J connectivity index is 1.80. The Kier molecular flexibility index (Phi) is 7.37. The van der Waals surface area contributed by atoms with E-state index in [1.165, 1.54) is 31.2 Å². The molecule has 3 aliphatic rings. The summed E-state index contributed by atoms with van der Waals surface area (Å²) in [6.45, 7) is 16.0. The Bertz CT molecular complexity index is 1120. The van der Waals surface area contributed by atoms with Gasteiger partial charge in [-0.3, -0.25) is 14.6 Å². The third kappa shape index (κ3) is 4.97.